The molecule has 6 nitrogen and oxygen atoms in total. The molecule has 1 aromatic carbocycles. The number of hydrogen-bond donors (Lipinski definition) is 2. The predicted octanol–water partition coefficient (Wildman–Crippen LogP) is 0.838. The molecule has 2 rings (SSSR count). The third kappa shape index (κ3) is 3.31. The van der Waals surface area contributed by atoms with Gasteiger partial charge in [-0.3, -0.25) is 9.59 Å². The smallest absolute Gasteiger partial charge is 0.269 e. The topological polar surface area (TPSA) is 98.2 Å². The van der Waals surface area contributed by atoms with E-state index in [9.17, 15) is 14.7 Å². The molecule has 3 N–H and O–H groups in total. The van der Waals surface area contributed by atoms with Crippen molar-refractivity contribution in [2.45, 2.75) is 12.6 Å². The van der Waals surface area contributed by atoms with E-state index in [1.165, 1.54) is 12.1 Å². The second-order valence-corrected chi connectivity index (χ2v) is 5.09. The lowest BCUT2D eigenvalue weighted by molar-refractivity contribution is 0.0989. The van der Waals surface area contributed by atoms with Crippen molar-refractivity contribution in [1.29, 1.82) is 0 Å². The predicted molar refractivity (Wildman–Crippen MR) is 76.1 cm³/mol. The molecule has 0 fully saturated rings. The van der Waals surface area contributed by atoms with E-state index in [-0.39, 0.29) is 12.2 Å². The van der Waals surface area contributed by atoms with Crippen LogP contribution in [-0.4, -0.2) is 20.8 Å². The molecule has 0 aliphatic heterocycles. The molecule has 0 aliphatic carbocycles. The van der Waals surface area contributed by atoms with Crippen LogP contribution in [-0.2, 0) is 6.54 Å². The first-order valence-electron chi connectivity index (χ1n) is 5.79. The molecule has 0 spiro atoms. The highest BCUT2D eigenvalue weighted by atomic mass is 79.9. The Kier molecular flexibility index (Phi) is 4.31. The molecule has 1 heterocycles. The van der Waals surface area contributed by atoms with E-state index >= 15 is 0 Å². The third-order valence-corrected chi connectivity index (χ3v) is 3.19. The highest BCUT2D eigenvalue weighted by Crippen LogP contribution is 2.18. The summed E-state index contributed by atoms with van der Waals surface area (Å²) < 4.78 is 1.84. The maximum atomic E-state index is 11.7. The van der Waals surface area contributed by atoms with Gasteiger partial charge in [0.15, 0.2) is 0 Å². The summed E-state index contributed by atoms with van der Waals surface area (Å²) in [7, 11) is 0. The quantitative estimate of drug-likeness (QED) is 0.863. The van der Waals surface area contributed by atoms with Gasteiger partial charge in [0.05, 0.1) is 12.6 Å². The Morgan fingerprint density at radius 3 is 2.80 bits per heavy atom. The molecule has 0 saturated heterocycles. The molecular weight excluding hydrogens is 326 g/mol. The van der Waals surface area contributed by atoms with Gasteiger partial charge < -0.3 is 10.8 Å². The van der Waals surface area contributed by atoms with Crippen molar-refractivity contribution in [3.05, 3.63) is 62.5 Å². The van der Waals surface area contributed by atoms with Gasteiger partial charge in [-0.25, -0.2) is 4.68 Å². The number of aliphatic hydroxyl groups is 1. The molecule has 0 aliphatic rings. The minimum Gasteiger partial charge on any atom is -0.386 e. The largest absolute Gasteiger partial charge is 0.386 e. The van der Waals surface area contributed by atoms with Crippen LogP contribution < -0.4 is 11.3 Å². The number of halogens is 1. The number of hydrogen-bond acceptors (Lipinski definition) is 4. The highest BCUT2D eigenvalue weighted by Gasteiger charge is 2.12. The van der Waals surface area contributed by atoms with Gasteiger partial charge in [-0.05, 0) is 23.8 Å². The lowest BCUT2D eigenvalue weighted by atomic mass is 10.1. The van der Waals surface area contributed by atoms with Crippen molar-refractivity contribution in [1.82, 2.24) is 9.78 Å². The first-order valence-corrected chi connectivity index (χ1v) is 6.58. The van der Waals surface area contributed by atoms with Gasteiger partial charge >= 0.3 is 0 Å². The average molecular weight is 338 g/mol. The zero-order valence-electron chi connectivity index (χ0n) is 10.4. The molecule has 0 bridgehead atoms. The zero-order valence-corrected chi connectivity index (χ0v) is 11.9. The molecule has 1 amide bonds. The second-order valence-electron chi connectivity index (χ2n) is 4.17. The molecular formula is C13H12BrN3O3. The Hall–Kier alpha value is -1.99. The summed E-state index contributed by atoms with van der Waals surface area (Å²) >= 11 is 3.30. The van der Waals surface area contributed by atoms with Crippen LogP contribution in [0.5, 0.6) is 0 Å². The van der Waals surface area contributed by atoms with Gasteiger partial charge in [0.25, 0.3) is 11.5 Å². The van der Waals surface area contributed by atoms with Crippen LogP contribution in [0, 0.1) is 0 Å². The lowest BCUT2D eigenvalue weighted by Crippen LogP contribution is -2.28. The molecule has 104 valence electrons. The van der Waals surface area contributed by atoms with Crippen LogP contribution in [0.2, 0.25) is 0 Å². The van der Waals surface area contributed by atoms with E-state index in [0.717, 1.165) is 9.15 Å². The lowest BCUT2D eigenvalue weighted by Gasteiger charge is -2.12. The number of nitrogens with zero attached hydrogens (tertiary/aromatic N) is 2. The molecule has 1 unspecified atom stereocenters. The fourth-order valence-corrected chi connectivity index (χ4v) is 2.11. The van der Waals surface area contributed by atoms with E-state index in [1.54, 1.807) is 18.2 Å². The van der Waals surface area contributed by atoms with E-state index in [2.05, 4.69) is 21.0 Å². The number of primary amides is 1. The van der Waals surface area contributed by atoms with Crippen LogP contribution in [0.15, 0.2) is 45.7 Å². The summed E-state index contributed by atoms with van der Waals surface area (Å²) in [5.74, 6) is -0.726. The fourth-order valence-electron chi connectivity index (χ4n) is 1.69. The molecule has 1 aromatic heterocycles. The standard InChI is InChI=1S/C13H12BrN3O3/c14-9-3-1-2-8(6-9)11(18)7-17-12(19)5-4-10(16-17)13(15)20/h1-6,11,18H,7H2,(H2,15,20). The molecule has 20 heavy (non-hydrogen) atoms. The molecule has 2 aromatic rings. The first-order chi connectivity index (χ1) is 9.47. The van der Waals surface area contributed by atoms with Crippen molar-refractivity contribution in [2.75, 3.05) is 0 Å². The SMILES string of the molecule is NC(=O)c1ccc(=O)n(CC(O)c2cccc(Br)c2)n1. The van der Waals surface area contributed by atoms with E-state index < -0.39 is 17.6 Å². The van der Waals surface area contributed by atoms with Gasteiger partial charge in [-0.2, -0.15) is 5.10 Å². The first kappa shape index (κ1) is 14.4. The van der Waals surface area contributed by atoms with Crippen molar-refractivity contribution < 1.29 is 9.90 Å². The Morgan fingerprint density at radius 1 is 1.40 bits per heavy atom. The van der Waals surface area contributed by atoms with Gasteiger partial charge in [-0.1, -0.05) is 28.1 Å². The van der Waals surface area contributed by atoms with E-state index in [0.29, 0.717) is 5.56 Å². The van der Waals surface area contributed by atoms with Crippen LogP contribution in [0.25, 0.3) is 0 Å². The summed E-state index contributed by atoms with van der Waals surface area (Å²) in [4.78, 5) is 22.7. The van der Waals surface area contributed by atoms with Gasteiger partial charge in [0.1, 0.15) is 5.69 Å². The number of nitrogens with two attached hydrogens (primary N) is 1. The van der Waals surface area contributed by atoms with Crippen molar-refractivity contribution >= 4 is 21.8 Å². The third-order valence-electron chi connectivity index (χ3n) is 2.70. The maximum absolute atomic E-state index is 11.7. The zero-order chi connectivity index (χ0) is 14.7. The number of aliphatic hydroxyl groups excluding tert-OH is 1. The monoisotopic (exact) mass is 337 g/mol. The van der Waals surface area contributed by atoms with Crippen LogP contribution in [0.1, 0.15) is 22.2 Å². The van der Waals surface area contributed by atoms with E-state index in [4.69, 9.17) is 5.73 Å². The van der Waals surface area contributed by atoms with Gasteiger partial charge in [0, 0.05) is 10.5 Å². The minimum absolute atomic E-state index is 0.0222. The number of amides is 1. The number of carbonyl (C=O) groups excluding carboxylic acids is 1. The number of carbonyl (C=O) groups is 1. The Morgan fingerprint density at radius 2 is 2.15 bits per heavy atom. The minimum atomic E-state index is -0.916. The van der Waals surface area contributed by atoms with E-state index in [1.807, 2.05) is 6.07 Å². The fraction of sp³-hybridized carbons (Fsp3) is 0.154. The summed E-state index contributed by atoms with van der Waals surface area (Å²) in [5.41, 5.74) is 5.31. The second kappa shape index (κ2) is 5.98. The van der Waals surface area contributed by atoms with Gasteiger partial charge in [-0.15, -0.1) is 0 Å². The van der Waals surface area contributed by atoms with Gasteiger partial charge in [0.2, 0.25) is 0 Å². The number of rotatable bonds is 4. The Balaban J connectivity index is 2.27. The Labute approximate surface area is 123 Å². The molecule has 0 saturated carbocycles. The van der Waals surface area contributed by atoms with Crippen molar-refractivity contribution in [3.8, 4) is 0 Å². The van der Waals surface area contributed by atoms with Crippen LogP contribution >= 0.6 is 15.9 Å². The highest BCUT2D eigenvalue weighted by molar-refractivity contribution is 9.10. The van der Waals surface area contributed by atoms with Crippen LogP contribution in [0.3, 0.4) is 0 Å². The molecule has 7 heteroatoms. The number of benzene rings is 1. The maximum Gasteiger partial charge on any atom is 0.269 e. The summed E-state index contributed by atoms with van der Waals surface area (Å²) in [6.07, 6.45) is -0.916. The molecule has 1 atom stereocenters. The summed E-state index contributed by atoms with van der Waals surface area (Å²) in [5, 5.41) is 13.9. The number of aromatic nitrogens is 2. The summed E-state index contributed by atoms with van der Waals surface area (Å²) in [6, 6.07) is 9.53. The Bertz CT molecular complexity index is 699. The normalized spacial score (nSPS) is 12.1. The van der Waals surface area contributed by atoms with Crippen molar-refractivity contribution in [2.24, 2.45) is 5.73 Å². The average Bonchev–Trinajstić information content (AvgIpc) is 2.41. The molecule has 0 radical (unpaired) electrons. The van der Waals surface area contributed by atoms with Crippen molar-refractivity contribution in [3.63, 3.8) is 0 Å². The van der Waals surface area contributed by atoms with Crippen LogP contribution in [0.4, 0.5) is 0 Å². The summed E-state index contributed by atoms with van der Waals surface area (Å²) in [6.45, 7) is -0.0591.